The molecule has 242 valence electrons. The second kappa shape index (κ2) is 15.9. The number of ether oxygens (including phenoxy) is 10. The number of alkyl halides is 1. The van der Waals surface area contributed by atoms with Gasteiger partial charge in [0.05, 0.1) is 0 Å². The second-order valence-electron chi connectivity index (χ2n) is 9.28. The number of halogens is 1. The van der Waals surface area contributed by atoms with Crippen LogP contribution in [-0.4, -0.2) is 109 Å². The van der Waals surface area contributed by atoms with Crippen LogP contribution in [0, 0.1) is 0 Å². The summed E-state index contributed by atoms with van der Waals surface area (Å²) in [6, 6.07) is 0. The summed E-state index contributed by atoms with van der Waals surface area (Å²) in [4.78, 5) is 83.5. The van der Waals surface area contributed by atoms with Gasteiger partial charge in [0, 0.05) is 48.5 Å². The van der Waals surface area contributed by atoms with E-state index in [1.807, 2.05) is 0 Å². The van der Waals surface area contributed by atoms with Crippen molar-refractivity contribution in [3.8, 4) is 0 Å². The van der Waals surface area contributed by atoms with Crippen molar-refractivity contribution in [3.63, 3.8) is 0 Å². The fraction of sp³-hybridized carbons (Fsp3) is 0.720. The molecule has 2 aliphatic rings. The Morgan fingerprint density at radius 3 is 1.33 bits per heavy atom. The molecule has 0 bridgehead atoms. The minimum atomic E-state index is -1.71. The molecule has 0 spiro atoms. The summed E-state index contributed by atoms with van der Waals surface area (Å²) < 4.78 is 54.6. The molecular weight excluding hydrogens is 652 g/mol. The van der Waals surface area contributed by atoms with Gasteiger partial charge in [-0.25, -0.2) is 0 Å². The van der Waals surface area contributed by atoms with Crippen molar-refractivity contribution in [2.75, 3.05) is 6.61 Å². The Morgan fingerprint density at radius 1 is 0.488 bits per heavy atom. The highest BCUT2D eigenvalue weighted by Gasteiger charge is 2.57. The van der Waals surface area contributed by atoms with E-state index in [-0.39, 0.29) is 0 Å². The monoisotopic (exact) mass is 684 g/mol. The van der Waals surface area contributed by atoms with E-state index in [4.69, 9.17) is 47.4 Å². The third-order valence-corrected chi connectivity index (χ3v) is 6.30. The zero-order valence-corrected chi connectivity index (χ0v) is 25.9. The normalized spacial score (nSPS) is 31.9. The number of hydrogen-bond donors (Lipinski definition) is 0. The summed E-state index contributed by atoms with van der Waals surface area (Å²) in [5.41, 5.74) is 0. The Kier molecular flexibility index (Phi) is 13.3. The first-order valence-electron chi connectivity index (χ1n) is 12.8. The molecule has 0 aliphatic carbocycles. The summed E-state index contributed by atoms with van der Waals surface area (Å²) in [5.74, 6) is -5.87. The summed E-state index contributed by atoms with van der Waals surface area (Å²) in [6.07, 6.45) is -13.8. The molecule has 0 aromatic rings. The highest BCUT2D eigenvalue weighted by atomic mass is 79.9. The first-order valence-corrected chi connectivity index (χ1v) is 13.7. The molecule has 43 heavy (non-hydrogen) atoms. The molecule has 2 fully saturated rings. The summed E-state index contributed by atoms with van der Waals surface area (Å²) in [5, 5.41) is -1.26. The fourth-order valence-electron chi connectivity index (χ4n) is 4.26. The van der Waals surface area contributed by atoms with Crippen molar-refractivity contribution >= 4 is 57.7 Å². The molecule has 2 aliphatic heterocycles. The molecule has 18 heteroatoms. The maximum absolute atomic E-state index is 12.1. The summed E-state index contributed by atoms with van der Waals surface area (Å²) in [6.45, 7) is 6.88. The molecule has 10 atom stereocenters. The third kappa shape index (κ3) is 10.7. The van der Waals surface area contributed by atoms with Gasteiger partial charge in [0.2, 0.25) is 12.4 Å². The van der Waals surface area contributed by atoms with Crippen molar-refractivity contribution in [3.05, 3.63) is 0 Å². The van der Waals surface area contributed by atoms with Gasteiger partial charge in [0.25, 0.3) is 0 Å². The van der Waals surface area contributed by atoms with Crippen molar-refractivity contribution in [2.24, 2.45) is 0 Å². The van der Waals surface area contributed by atoms with E-state index in [1.165, 1.54) is 0 Å². The number of hydrogen-bond acceptors (Lipinski definition) is 17. The predicted octanol–water partition coefficient (Wildman–Crippen LogP) is -0.0415. The van der Waals surface area contributed by atoms with E-state index >= 15 is 0 Å². The first kappa shape index (κ1) is 35.8. The number of carbonyl (C=O) groups is 7. The molecule has 2 heterocycles. The van der Waals surface area contributed by atoms with Gasteiger partial charge in [-0.05, 0) is 0 Å². The van der Waals surface area contributed by atoms with Crippen LogP contribution in [0.4, 0.5) is 0 Å². The van der Waals surface area contributed by atoms with Crippen LogP contribution in [0.25, 0.3) is 0 Å². The van der Waals surface area contributed by atoms with Gasteiger partial charge < -0.3 is 47.4 Å². The highest BCUT2D eigenvalue weighted by molar-refractivity contribution is 9.09. The van der Waals surface area contributed by atoms with Gasteiger partial charge >= 0.3 is 41.8 Å². The third-order valence-electron chi connectivity index (χ3n) is 5.56. The average Bonchev–Trinajstić information content (AvgIpc) is 2.84. The van der Waals surface area contributed by atoms with E-state index in [1.54, 1.807) is 0 Å². The first-order chi connectivity index (χ1) is 20.0. The standard InChI is InChI=1S/C25H33BrO17/c1-9(27)34-8-16-17(35-10(2)28)18(36-11(3)29)21(38-13(5)31)25(41-16)42-20-19(37-12(4)30)22(39-14(6)32)24(40-15(7)33)43-23(20)26/h16-25H,8H2,1-7H3/t16-,17+,18+,19-,20?,21+,22-,23+,24+,25-/m1/s1. The summed E-state index contributed by atoms with van der Waals surface area (Å²) in [7, 11) is 0. The van der Waals surface area contributed by atoms with Crippen LogP contribution in [0.15, 0.2) is 0 Å². The maximum Gasteiger partial charge on any atom is 0.305 e. The lowest BCUT2D eigenvalue weighted by atomic mass is 9.97. The van der Waals surface area contributed by atoms with Crippen molar-refractivity contribution < 1.29 is 80.9 Å². The fourth-order valence-corrected chi connectivity index (χ4v) is 4.90. The zero-order chi connectivity index (χ0) is 32.6. The van der Waals surface area contributed by atoms with Crippen molar-refractivity contribution in [1.29, 1.82) is 0 Å². The lowest BCUT2D eigenvalue weighted by Gasteiger charge is -2.47. The maximum atomic E-state index is 12.1. The summed E-state index contributed by atoms with van der Waals surface area (Å²) >= 11 is 3.21. The number of esters is 7. The predicted molar refractivity (Wildman–Crippen MR) is 137 cm³/mol. The minimum absolute atomic E-state index is 0.533. The molecule has 0 saturated carbocycles. The van der Waals surface area contributed by atoms with Crippen LogP contribution in [-0.2, 0) is 80.9 Å². The van der Waals surface area contributed by atoms with Crippen LogP contribution in [0.1, 0.15) is 48.5 Å². The van der Waals surface area contributed by atoms with E-state index in [0.29, 0.717) is 0 Å². The molecule has 2 saturated heterocycles. The van der Waals surface area contributed by atoms with Gasteiger partial charge in [-0.1, -0.05) is 15.9 Å². The van der Waals surface area contributed by atoms with Crippen LogP contribution in [0.5, 0.6) is 0 Å². The Balaban J connectivity index is 2.61. The van der Waals surface area contributed by atoms with Gasteiger partial charge in [-0.3, -0.25) is 33.6 Å². The van der Waals surface area contributed by atoms with Gasteiger partial charge in [0.15, 0.2) is 30.7 Å². The topological polar surface area (TPSA) is 212 Å². The quantitative estimate of drug-likeness (QED) is 0.168. The molecule has 1 unspecified atom stereocenters. The second-order valence-corrected chi connectivity index (χ2v) is 10.2. The molecule has 0 aromatic heterocycles. The van der Waals surface area contributed by atoms with Gasteiger partial charge in [-0.15, -0.1) is 0 Å². The van der Waals surface area contributed by atoms with Crippen LogP contribution in [0.2, 0.25) is 0 Å². The Morgan fingerprint density at radius 2 is 0.884 bits per heavy atom. The minimum Gasteiger partial charge on any atom is -0.463 e. The van der Waals surface area contributed by atoms with Crippen LogP contribution in [0.3, 0.4) is 0 Å². The lowest BCUT2D eigenvalue weighted by molar-refractivity contribution is -0.346. The molecule has 17 nitrogen and oxygen atoms in total. The molecule has 0 aromatic carbocycles. The Labute approximate surface area is 254 Å². The molecular formula is C25H33BrO17. The van der Waals surface area contributed by atoms with E-state index in [9.17, 15) is 33.6 Å². The number of rotatable bonds is 10. The Bertz CT molecular complexity index is 1080. The smallest absolute Gasteiger partial charge is 0.305 e. The number of carbonyl (C=O) groups excluding carboxylic acids is 7. The van der Waals surface area contributed by atoms with E-state index < -0.39 is 109 Å². The van der Waals surface area contributed by atoms with Crippen molar-refractivity contribution in [2.45, 2.75) is 109 Å². The van der Waals surface area contributed by atoms with Crippen LogP contribution < -0.4 is 0 Å². The van der Waals surface area contributed by atoms with Crippen LogP contribution >= 0.6 is 15.9 Å². The zero-order valence-electron chi connectivity index (χ0n) is 24.3. The Hall–Kier alpha value is -3.35. The highest BCUT2D eigenvalue weighted by Crippen LogP contribution is 2.36. The van der Waals surface area contributed by atoms with Gasteiger partial charge in [0.1, 0.15) is 23.8 Å². The van der Waals surface area contributed by atoms with Crippen molar-refractivity contribution in [1.82, 2.24) is 0 Å². The van der Waals surface area contributed by atoms with Gasteiger partial charge in [-0.2, -0.15) is 0 Å². The van der Waals surface area contributed by atoms with E-state index in [0.717, 1.165) is 48.5 Å². The molecule has 0 N–H and O–H groups in total. The van der Waals surface area contributed by atoms with E-state index in [2.05, 4.69) is 15.9 Å². The average molecular weight is 685 g/mol. The SMILES string of the molecule is CC(=O)OC[C@H]1O[C@H](OC2[C@@H](OC(C)=O)[C@@H](OC(C)=O)[C@@H](OC(C)=O)O[C@@H]2Br)[C@@H](OC(C)=O)[C@@H](OC(C)=O)[C@H]1OC(C)=O. The lowest BCUT2D eigenvalue weighted by Crippen LogP contribution is -2.66. The molecule has 2 rings (SSSR count). The molecule has 0 amide bonds. The largest absolute Gasteiger partial charge is 0.463 e. The molecule has 0 radical (unpaired) electrons.